The van der Waals surface area contributed by atoms with Gasteiger partial charge in [-0.15, -0.1) is 0 Å². The van der Waals surface area contributed by atoms with Gasteiger partial charge in [-0.2, -0.15) is 13.2 Å². The van der Waals surface area contributed by atoms with Crippen molar-refractivity contribution in [3.63, 3.8) is 0 Å². The molecule has 0 radical (unpaired) electrons. The number of hydrogen-bond donors (Lipinski definition) is 1. The van der Waals surface area contributed by atoms with Gasteiger partial charge >= 0.3 is 12.1 Å². The van der Waals surface area contributed by atoms with Gasteiger partial charge in [0.05, 0.1) is 12.2 Å². The molecule has 0 aliphatic carbocycles. The summed E-state index contributed by atoms with van der Waals surface area (Å²) in [5.74, 6) is -1.50. The first-order chi connectivity index (χ1) is 13.2. The molecule has 6 nitrogen and oxygen atoms in total. The third-order valence-electron chi connectivity index (χ3n) is 3.99. The Balaban J connectivity index is 1.69. The number of rotatable bonds is 5. The minimum Gasteiger partial charge on any atom is -0.492 e. The molecule has 1 heterocycles. The fraction of sp³-hybridized carbons (Fsp3) is 0.263. The summed E-state index contributed by atoms with van der Waals surface area (Å²) in [6.45, 7) is 2.14. The summed E-state index contributed by atoms with van der Waals surface area (Å²) in [5.41, 5.74) is 1.36. The maximum absolute atomic E-state index is 12.4. The number of halogens is 3. The highest BCUT2D eigenvalue weighted by molar-refractivity contribution is 5.99. The molecule has 0 aromatic heterocycles. The van der Waals surface area contributed by atoms with Gasteiger partial charge in [0.1, 0.15) is 18.1 Å². The van der Waals surface area contributed by atoms with E-state index < -0.39 is 12.1 Å². The minimum atomic E-state index is -4.99. The van der Waals surface area contributed by atoms with Crippen LogP contribution in [0.1, 0.15) is 5.56 Å². The molecule has 148 valence electrons. The summed E-state index contributed by atoms with van der Waals surface area (Å²) in [6.07, 6.45) is -4.99. The maximum atomic E-state index is 12.4. The van der Waals surface area contributed by atoms with Gasteiger partial charge in [0.15, 0.2) is 6.61 Å². The van der Waals surface area contributed by atoms with Crippen molar-refractivity contribution in [2.75, 3.05) is 30.0 Å². The maximum Gasteiger partial charge on any atom is 0.471 e. The average molecular weight is 394 g/mol. The van der Waals surface area contributed by atoms with Crippen molar-refractivity contribution in [1.82, 2.24) is 0 Å². The van der Waals surface area contributed by atoms with Gasteiger partial charge in [-0.25, -0.2) is 0 Å². The number of benzene rings is 2. The van der Waals surface area contributed by atoms with E-state index in [1.165, 1.54) is 23.1 Å². The first kappa shape index (κ1) is 19.5. The number of nitrogens with zero attached hydrogens (tertiary/aromatic N) is 1. The number of anilines is 2. The molecular weight excluding hydrogens is 377 g/mol. The van der Waals surface area contributed by atoms with Gasteiger partial charge in [-0.05, 0) is 36.8 Å². The summed E-state index contributed by atoms with van der Waals surface area (Å²) in [7, 11) is 0. The molecule has 0 unspecified atom stereocenters. The second-order valence-electron chi connectivity index (χ2n) is 6.13. The molecule has 1 aliphatic rings. The van der Waals surface area contributed by atoms with Crippen molar-refractivity contribution < 1.29 is 32.2 Å². The predicted octanol–water partition coefficient (Wildman–Crippen LogP) is 3.30. The Morgan fingerprint density at radius 3 is 2.75 bits per heavy atom. The normalized spacial score (nSPS) is 13.6. The third kappa shape index (κ3) is 4.54. The van der Waals surface area contributed by atoms with Gasteiger partial charge in [0.25, 0.3) is 5.91 Å². The average Bonchev–Trinajstić information content (AvgIpc) is 2.63. The monoisotopic (exact) mass is 394 g/mol. The molecular formula is C19H17F3N2O4. The number of aryl methyl sites for hydroxylation is 1. The van der Waals surface area contributed by atoms with E-state index in [9.17, 15) is 22.8 Å². The summed E-state index contributed by atoms with van der Waals surface area (Å²) in [4.78, 5) is 24.7. The van der Waals surface area contributed by atoms with Crippen LogP contribution in [0.25, 0.3) is 0 Å². The highest BCUT2D eigenvalue weighted by atomic mass is 19.4. The van der Waals surface area contributed by atoms with E-state index in [-0.39, 0.29) is 37.1 Å². The largest absolute Gasteiger partial charge is 0.492 e. The van der Waals surface area contributed by atoms with Gasteiger partial charge < -0.3 is 19.7 Å². The van der Waals surface area contributed by atoms with Crippen LogP contribution < -0.4 is 19.7 Å². The fourth-order valence-corrected chi connectivity index (χ4v) is 2.69. The Bertz CT molecular complexity index is 899. The molecule has 0 atom stereocenters. The van der Waals surface area contributed by atoms with E-state index in [2.05, 4.69) is 0 Å². The Kier molecular flexibility index (Phi) is 5.43. The summed E-state index contributed by atoms with van der Waals surface area (Å²) in [5, 5.41) is 1.76. The van der Waals surface area contributed by atoms with Crippen LogP contribution in [0.4, 0.5) is 24.5 Å². The van der Waals surface area contributed by atoms with Crippen LogP contribution >= 0.6 is 0 Å². The van der Waals surface area contributed by atoms with E-state index in [0.717, 1.165) is 5.56 Å². The summed E-state index contributed by atoms with van der Waals surface area (Å²) in [6, 6.07) is 11.4. The number of amides is 2. The van der Waals surface area contributed by atoms with Crippen LogP contribution in [0, 0.1) is 6.92 Å². The van der Waals surface area contributed by atoms with Crippen molar-refractivity contribution in [3.05, 3.63) is 48.0 Å². The number of alkyl halides is 3. The van der Waals surface area contributed by atoms with Crippen molar-refractivity contribution in [3.8, 4) is 11.5 Å². The zero-order chi connectivity index (χ0) is 20.3. The number of nitrogens with one attached hydrogen (secondary N) is 1. The van der Waals surface area contributed by atoms with Gasteiger partial charge in [0, 0.05) is 11.8 Å². The Morgan fingerprint density at radius 1 is 1.25 bits per heavy atom. The number of carbonyl (C=O) groups is 2. The fourth-order valence-electron chi connectivity index (χ4n) is 2.69. The molecule has 2 amide bonds. The smallest absolute Gasteiger partial charge is 0.471 e. The van der Waals surface area contributed by atoms with Gasteiger partial charge in [-0.3, -0.25) is 9.59 Å². The molecule has 0 spiro atoms. The molecule has 1 aliphatic heterocycles. The lowest BCUT2D eigenvalue weighted by Gasteiger charge is -2.29. The second-order valence-corrected chi connectivity index (χ2v) is 6.13. The molecule has 1 N–H and O–H groups in total. The first-order valence-electron chi connectivity index (χ1n) is 8.39. The van der Waals surface area contributed by atoms with Crippen LogP contribution in [0.5, 0.6) is 11.5 Å². The molecule has 3 rings (SSSR count). The summed E-state index contributed by atoms with van der Waals surface area (Å²) < 4.78 is 48.1. The van der Waals surface area contributed by atoms with E-state index in [0.29, 0.717) is 11.4 Å². The first-order valence-corrected chi connectivity index (χ1v) is 8.39. The topological polar surface area (TPSA) is 67.9 Å². The van der Waals surface area contributed by atoms with E-state index >= 15 is 0 Å². The lowest BCUT2D eigenvalue weighted by Crippen LogP contribution is -2.41. The molecule has 28 heavy (non-hydrogen) atoms. The van der Waals surface area contributed by atoms with Crippen LogP contribution in [-0.4, -0.2) is 37.7 Å². The Labute approximate surface area is 158 Å². The number of hydrogen-bond acceptors (Lipinski definition) is 4. The molecule has 2 aromatic rings. The number of fused-ring (bicyclic) bond motifs is 1. The van der Waals surface area contributed by atoms with Crippen molar-refractivity contribution in [1.29, 1.82) is 0 Å². The predicted molar refractivity (Wildman–Crippen MR) is 95.6 cm³/mol. The molecule has 0 bridgehead atoms. The quantitative estimate of drug-likeness (QED) is 0.845. The zero-order valence-electron chi connectivity index (χ0n) is 14.9. The number of carbonyl (C=O) groups excluding carboxylic acids is 2. The highest BCUT2D eigenvalue weighted by Crippen LogP contribution is 2.35. The van der Waals surface area contributed by atoms with Crippen molar-refractivity contribution in [2.45, 2.75) is 13.1 Å². The van der Waals surface area contributed by atoms with Crippen LogP contribution in [0.15, 0.2) is 42.5 Å². The van der Waals surface area contributed by atoms with Gasteiger partial charge in [0.2, 0.25) is 0 Å². The summed E-state index contributed by atoms with van der Waals surface area (Å²) >= 11 is 0. The van der Waals surface area contributed by atoms with Gasteiger partial charge in [-0.1, -0.05) is 12.1 Å². The lowest BCUT2D eigenvalue weighted by atomic mass is 10.2. The highest BCUT2D eigenvalue weighted by Gasteiger charge is 2.39. The SMILES string of the molecule is Cc1cccc(OCCN2C(=O)COc3cc(NC(=O)C(F)(F)F)ccc32)c1. The molecule has 9 heteroatoms. The third-order valence-corrected chi connectivity index (χ3v) is 3.99. The second kappa shape index (κ2) is 7.79. The molecule has 0 saturated heterocycles. The Hall–Kier alpha value is -3.23. The molecule has 0 saturated carbocycles. The van der Waals surface area contributed by atoms with E-state index in [4.69, 9.17) is 9.47 Å². The van der Waals surface area contributed by atoms with Crippen LogP contribution in [-0.2, 0) is 9.59 Å². The Morgan fingerprint density at radius 2 is 2.04 bits per heavy atom. The number of ether oxygens (including phenoxy) is 2. The van der Waals surface area contributed by atoms with E-state index in [1.807, 2.05) is 25.1 Å². The minimum absolute atomic E-state index is 0.0774. The van der Waals surface area contributed by atoms with Crippen LogP contribution in [0.3, 0.4) is 0 Å². The molecule has 2 aromatic carbocycles. The molecule has 0 fully saturated rings. The lowest BCUT2D eigenvalue weighted by molar-refractivity contribution is -0.167. The standard InChI is InChI=1S/C19H17F3N2O4/c1-12-3-2-4-14(9-12)27-8-7-24-15-6-5-13(23-18(26)19(20,21)22)10-16(15)28-11-17(24)25/h2-6,9-10H,7-8,11H2,1H3,(H,23,26). The zero-order valence-corrected chi connectivity index (χ0v) is 14.9. The van der Waals surface area contributed by atoms with E-state index in [1.54, 1.807) is 11.4 Å². The van der Waals surface area contributed by atoms with Crippen LogP contribution in [0.2, 0.25) is 0 Å². The van der Waals surface area contributed by atoms with Crippen molar-refractivity contribution in [2.24, 2.45) is 0 Å². The van der Waals surface area contributed by atoms with Crippen molar-refractivity contribution >= 4 is 23.2 Å².